The van der Waals surface area contributed by atoms with Crippen molar-refractivity contribution in [2.75, 3.05) is 6.26 Å². The van der Waals surface area contributed by atoms with E-state index in [1.807, 2.05) is 24.3 Å². The maximum absolute atomic E-state index is 12.2. The average Bonchev–Trinajstić information content (AvgIpc) is 2.86. The van der Waals surface area contributed by atoms with E-state index in [-0.39, 0.29) is 0 Å². The van der Waals surface area contributed by atoms with Crippen LogP contribution >= 0.6 is 11.6 Å². The van der Waals surface area contributed by atoms with Gasteiger partial charge in [0.15, 0.2) is 0 Å². The van der Waals surface area contributed by atoms with Crippen LogP contribution in [0.15, 0.2) is 54.6 Å². The molecule has 0 radical (unpaired) electrons. The fourth-order valence-electron chi connectivity index (χ4n) is 2.58. The number of fused-ring (bicyclic) bond motifs is 1. The van der Waals surface area contributed by atoms with Gasteiger partial charge in [-0.15, -0.1) is 0 Å². The maximum Gasteiger partial charge on any atom is 0.236 e. The molecule has 3 aromatic rings. The Hall–Kier alpha value is -1.82. The first-order valence-corrected chi connectivity index (χ1v) is 8.92. The summed E-state index contributed by atoms with van der Waals surface area (Å²) >= 11 is 5.89. The molecule has 4 nitrogen and oxygen atoms in total. The molecule has 3 rings (SSSR count). The molecule has 0 fully saturated rings. The molecule has 0 saturated heterocycles. The standard InChI is InChI=1S/C16H15ClN2O2S/c1-22(20,21)19-14-5-3-2-4-12(14)10-15(19)16(18)11-6-8-13(17)9-7-11/h2-10,16H,18H2,1H3/t16-/m0/s1. The van der Waals surface area contributed by atoms with Crippen LogP contribution in [-0.4, -0.2) is 18.6 Å². The molecule has 0 bridgehead atoms. The molecular formula is C16H15ClN2O2S. The van der Waals surface area contributed by atoms with Crippen molar-refractivity contribution < 1.29 is 8.42 Å². The van der Waals surface area contributed by atoms with Crippen molar-refractivity contribution in [3.05, 3.63) is 70.9 Å². The van der Waals surface area contributed by atoms with Crippen LogP contribution in [-0.2, 0) is 10.0 Å². The molecule has 22 heavy (non-hydrogen) atoms. The van der Waals surface area contributed by atoms with Crippen LogP contribution in [0.2, 0.25) is 5.02 Å². The van der Waals surface area contributed by atoms with Crippen LogP contribution in [0.4, 0.5) is 0 Å². The van der Waals surface area contributed by atoms with E-state index in [2.05, 4.69) is 0 Å². The lowest BCUT2D eigenvalue weighted by atomic mass is 10.1. The zero-order chi connectivity index (χ0) is 15.9. The Morgan fingerprint density at radius 3 is 2.36 bits per heavy atom. The number of nitrogens with zero attached hydrogens (tertiary/aromatic N) is 1. The van der Waals surface area contributed by atoms with Crippen LogP contribution in [0.1, 0.15) is 17.3 Å². The van der Waals surface area contributed by atoms with E-state index in [1.165, 1.54) is 10.2 Å². The summed E-state index contributed by atoms with van der Waals surface area (Å²) in [5.41, 5.74) is 8.26. The fourth-order valence-corrected chi connectivity index (χ4v) is 3.78. The van der Waals surface area contributed by atoms with Gasteiger partial charge in [-0.05, 0) is 29.8 Å². The van der Waals surface area contributed by atoms with Gasteiger partial charge in [0.05, 0.1) is 23.5 Å². The van der Waals surface area contributed by atoms with Gasteiger partial charge in [0.2, 0.25) is 10.0 Å². The molecule has 0 unspecified atom stereocenters. The molecule has 1 heterocycles. The lowest BCUT2D eigenvalue weighted by molar-refractivity contribution is 0.591. The van der Waals surface area contributed by atoms with E-state index in [0.29, 0.717) is 16.2 Å². The van der Waals surface area contributed by atoms with Crippen molar-refractivity contribution >= 4 is 32.5 Å². The Bertz CT molecular complexity index is 930. The average molecular weight is 335 g/mol. The second kappa shape index (κ2) is 5.43. The molecule has 114 valence electrons. The third kappa shape index (κ3) is 2.63. The summed E-state index contributed by atoms with van der Waals surface area (Å²) in [5.74, 6) is 0. The Balaban J connectivity index is 2.24. The van der Waals surface area contributed by atoms with Gasteiger partial charge in [0, 0.05) is 10.4 Å². The number of benzene rings is 2. The van der Waals surface area contributed by atoms with Crippen LogP contribution in [0.5, 0.6) is 0 Å². The molecule has 2 aromatic carbocycles. The Morgan fingerprint density at radius 1 is 1.09 bits per heavy atom. The van der Waals surface area contributed by atoms with E-state index >= 15 is 0 Å². The SMILES string of the molecule is CS(=O)(=O)n1c([C@@H](N)c2ccc(Cl)cc2)cc2ccccc21. The maximum atomic E-state index is 12.2. The van der Waals surface area contributed by atoms with Crippen LogP contribution < -0.4 is 5.73 Å². The zero-order valence-corrected chi connectivity index (χ0v) is 13.5. The molecule has 0 aliphatic carbocycles. The quantitative estimate of drug-likeness (QED) is 0.800. The first-order chi connectivity index (χ1) is 10.4. The Kier molecular flexibility index (Phi) is 3.72. The van der Waals surface area contributed by atoms with Gasteiger partial charge in [-0.1, -0.05) is 41.9 Å². The number of aromatic nitrogens is 1. The van der Waals surface area contributed by atoms with Crippen molar-refractivity contribution in [2.24, 2.45) is 5.73 Å². The van der Waals surface area contributed by atoms with Gasteiger partial charge in [0.1, 0.15) is 0 Å². The van der Waals surface area contributed by atoms with Crippen molar-refractivity contribution in [3.63, 3.8) is 0 Å². The minimum atomic E-state index is -3.47. The minimum Gasteiger partial charge on any atom is -0.319 e. The molecule has 0 amide bonds. The van der Waals surface area contributed by atoms with E-state index in [1.54, 1.807) is 30.3 Å². The van der Waals surface area contributed by atoms with Gasteiger partial charge in [-0.25, -0.2) is 12.4 Å². The van der Waals surface area contributed by atoms with Crippen molar-refractivity contribution in [3.8, 4) is 0 Å². The molecular weight excluding hydrogens is 320 g/mol. The highest BCUT2D eigenvalue weighted by Gasteiger charge is 2.21. The predicted octanol–water partition coefficient (Wildman–Crippen LogP) is 3.15. The highest BCUT2D eigenvalue weighted by molar-refractivity contribution is 7.89. The van der Waals surface area contributed by atoms with Crippen LogP contribution in [0.25, 0.3) is 10.9 Å². The molecule has 1 atom stereocenters. The lowest BCUT2D eigenvalue weighted by Crippen LogP contribution is -2.20. The number of halogens is 1. The third-order valence-corrected chi connectivity index (χ3v) is 4.90. The predicted molar refractivity (Wildman–Crippen MR) is 89.7 cm³/mol. The summed E-state index contributed by atoms with van der Waals surface area (Å²) in [7, 11) is -3.47. The van der Waals surface area contributed by atoms with Crippen molar-refractivity contribution in [1.29, 1.82) is 0 Å². The molecule has 0 aliphatic rings. The van der Waals surface area contributed by atoms with Crippen molar-refractivity contribution in [1.82, 2.24) is 3.97 Å². The zero-order valence-electron chi connectivity index (χ0n) is 11.9. The smallest absolute Gasteiger partial charge is 0.236 e. The fraction of sp³-hybridized carbons (Fsp3) is 0.125. The number of para-hydroxylation sites is 1. The summed E-state index contributed by atoms with van der Waals surface area (Å²) in [6.45, 7) is 0. The van der Waals surface area contributed by atoms with Gasteiger partial charge >= 0.3 is 0 Å². The molecule has 0 aliphatic heterocycles. The van der Waals surface area contributed by atoms with Gasteiger partial charge in [-0.2, -0.15) is 0 Å². The number of hydrogen-bond acceptors (Lipinski definition) is 3. The minimum absolute atomic E-state index is 0.533. The van der Waals surface area contributed by atoms with E-state index in [4.69, 9.17) is 17.3 Å². The monoisotopic (exact) mass is 334 g/mol. The molecule has 0 spiro atoms. The normalized spacial score (nSPS) is 13.4. The summed E-state index contributed by atoms with van der Waals surface area (Å²) in [6, 6.07) is 15.7. The highest BCUT2D eigenvalue weighted by Crippen LogP contribution is 2.29. The molecule has 2 N–H and O–H groups in total. The summed E-state index contributed by atoms with van der Waals surface area (Å²) < 4.78 is 25.7. The summed E-state index contributed by atoms with van der Waals surface area (Å²) in [6.07, 6.45) is 1.18. The van der Waals surface area contributed by atoms with Gasteiger partial charge < -0.3 is 5.73 Å². The lowest BCUT2D eigenvalue weighted by Gasteiger charge is -2.15. The van der Waals surface area contributed by atoms with Crippen LogP contribution in [0.3, 0.4) is 0 Å². The second-order valence-corrected chi connectivity index (χ2v) is 7.45. The van der Waals surface area contributed by atoms with Gasteiger partial charge in [0.25, 0.3) is 0 Å². The van der Waals surface area contributed by atoms with E-state index < -0.39 is 16.1 Å². The third-order valence-electron chi connectivity index (χ3n) is 3.57. The van der Waals surface area contributed by atoms with Gasteiger partial charge in [-0.3, -0.25) is 0 Å². The first kappa shape index (κ1) is 15.1. The molecule has 1 aromatic heterocycles. The van der Waals surface area contributed by atoms with Crippen LogP contribution in [0, 0.1) is 0 Å². The van der Waals surface area contributed by atoms with E-state index in [0.717, 1.165) is 10.9 Å². The first-order valence-electron chi connectivity index (χ1n) is 6.70. The van der Waals surface area contributed by atoms with Crippen molar-refractivity contribution in [2.45, 2.75) is 6.04 Å². The number of nitrogens with two attached hydrogens (primary N) is 1. The number of hydrogen-bond donors (Lipinski definition) is 1. The largest absolute Gasteiger partial charge is 0.319 e. The molecule has 6 heteroatoms. The Labute approximate surface area is 134 Å². The summed E-state index contributed by atoms with van der Waals surface area (Å²) in [5, 5.41) is 1.45. The second-order valence-electron chi connectivity index (χ2n) is 5.18. The number of rotatable bonds is 3. The molecule has 0 saturated carbocycles. The van der Waals surface area contributed by atoms with E-state index in [9.17, 15) is 8.42 Å². The summed E-state index contributed by atoms with van der Waals surface area (Å²) in [4.78, 5) is 0. The highest BCUT2D eigenvalue weighted by atomic mass is 35.5. The topological polar surface area (TPSA) is 65.1 Å². The Morgan fingerprint density at radius 2 is 1.73 bits per heavy atom.